The van der Waals surface area contributed by atoms with Crippen LogP contribution < -0.4 is 0 Å². The topological polar surface area (TPSA) is 40.5 Å². The summed E-state index contributed by atoms with van der Waals surface area (Å²) in [6.07, 6.45) is 1.67. The van der Waals surface area contributed by atoms with E-state index < -0.39 is 5.97 Å². The quantitative estimate of drug-likeness (QED) is 0.761. The minimum absolute atomic E-state index is 0.0747. The van der Waals surface area contributed by atoms with Crippen molar-refractivity contribution >= 4 is 44.8 Å². The van der Waals surface area contributed by atoms with Gasteiger partial charge in [0.2, 0.25) is 0 Å². The fourth-order valence-corrected chi connectivity index (χ4v) is 4.83. The Morgan fingerprint density at radius 1 is 1.30 bits per heavy atom. The summed E-state index contributed by atoms with van der Waals surface area (Å²) in [6, 6.07) is 12.1. The van der Waals surface area contributed by atoms with Gasteiger partial charge < -0.3 is 5.11 Å². The average molecular weight is 415 g/mol. The SMILES string of the molecule is O=C(O)C1CCCN(C(c2ccc(Cl)cc2)c2ccc(Br)s2)C1. The molecule has 1 fully saturated rings. The molecule has 0 spiro atoms. The molecule has 122 valence electrons. The highest BCUT2D eigenvalue weighted by Crippen LogP contribution is 2.37. The van der Waals surface area contributed by atoms with Crippen molar-refractivity contribution in [1.29, 1.82) is 0 Å². The predicted octanol–water partition coefficient (Wildman–Crippen LogP) is 5.05. The normalized spacial score (nSPS) is 20.3. The minimum atomic E-state index is -0.697. The van der Waals surface area contributed by atoms with Gasteiger partial charge in [0, 0.05) is 16.4 Å². The van der Waals surface area contributed by atoms with Crippen LogP contribution in [0.3, 0.4) is 0 Å². The summed E-state index contributed by atoms with van der Waals surface area (Å²) in [5, 5.41) is 10.1. The third-order valence-electron chi connectivity index (χ3n) is 4.22. The molecule has 0 saturated carbocycles. The van der Waals surface area contributed by atoms with Gasteiger partial charge in [0.1, 0.15) is 0 Å². The summed E-state index contributed by atoms with van der Waals surface area (Å²) in [4.78, 5) is 14.9. The maximum Gasteiger partial charge on any atom is 0.307 e. The molecule has 1 saturated heterocycles. The molecule has 6 heteroatoms. The van der Waals surface area contributed by atoms with Crippen LogP contribution in [0.1, 0.15) is 29.3 Å². The Hall–Kier alpha value is -0.880. The van der Waals surface area contributed by atoms with Gasteiger partial charge in [-0.15, -0.1) is 11.3 Å². The fourth-order valence-electron chi connectivity index (χ4n) is 3.12. The number of benzene rings is 1. The molecule has 1 aliphatic rings. The summed E-state index contributed by atoms with van der Waals surface area (Å²) in [5.41, 5.74) is 1.15. The van der Waals surface area contributed by atoms with Crippen molar-refractivity contribution in [3.63, 3.8) is 0 Å². The number of aliphatic carboxylic acids is 1. The van der Waals surface area contributed by atoms with Gasteiger partial charge in [-0.25, -0.2) is 0 Å². The highest BCUT2D eigenvalue weighted by molar-refractivity contribution is 9.11. The molecule has 2 atom stereocenters. The van der Waals surface area contributed by atoms with Crippen molar-refractivity contribution in [2.45, 2.75) is 18.9 Å². The van der Waals surface area contributed by atoms with Gasteiger partial charge in [0.05, 0.1) is 15.7 Å². The van der Waals surface area contributed by atoms with Crippen LogP contribution >= 0.6 is 38.9 Å². The highest BCUT2D eigenvalue weighted by Gasteiger charge is 2.31. The number of nitrogens with zero attached hydrogens (tertiary/aromatic N) is 1. The zero-order valence-electron chi connectivity index (χ0n) is 12.4. The van der Waals surface area contributed by atoms with E-state index in [0.717, 1.165) is 28.7 Å². The van der Waals surface area contributed by atoms with E-state index in [1.165, 1.54) is 4.88 Å². The number of piperidine rings is 1. The molecule has 2 unspecified atom stereocenters. The van der Waals surface area contributed by atoms with Crippen molar-refractivity contribution < 1.29 is 9.90 Å². The lowest BCUT2D eigenvalue weighted by Gasteiger charge is -2.37. The first-order chi connectivity index (χ1) is 11.0. The lowest BCUT2D eigenvalue weighted by molar-refractivity contribution is -0.143. The Bertz CT molecular complexity index is 688. The Labute approximate surface area is 153 Å². The lowest BCUT2D eigenvalue weighted by Crippen LogP contribution is -2.41. The third-order valence-corrected chi connectivity index (χ3v) is 6.14. The number of hydrogen-bond donors (Lipinski definition) is 1. The number of carboxylic acids is 1. The van der Waals surface area contributed by atoms with E-state index in [4.69, 9.17) is 11.6 Å². The number of carbonyl (C=O) groups is 1. The average Bonchev–Trinajstić information content (AvgIpc) is 2.96. The van der Waals surface area contributed by atoms with Crippen LogP contribution in [0.25, 0.3) is 0 Å². The molecular weight excluding hydrogens is 398 g/mol. The fraction of sp³-hybridized carbons (Fsp3) is 0.353. The van der Waals surface area contributed by atoms with Gasteiger partial charge >= 0.3 is 5.97 Å². The number of halogens is 2. The Balaban J connectivity index is 1.94. The van der Waals surface area contributed by atoms with Crippen LogP contribution in [-0.4, -0.2) is 29.1 Å². The highest BCUT2D eigenvalue weighted by atomic mass is 79.9. The minimum Gasteiger partial charge on any atom is -0.481 e. The number of rotatable bonds is 4. The summed E-state index contributed by atoms with van der Waals surface area (Å²) in [7, 11) is 0. The van der Waals surface area contributed by atoms with Gasteiger partial charge in [-0.3, -0.25) is 9.69 Å². The lowest BCUT2D eigenvalue weighted by atomic mass is 9.94. The molecule has 3 nitrogen and oxygen atoms in total. The van der Waals surface area contributed by atoms with Gasteiger partial charge in [0.25, 0.3) is 0 Å². The van der Waals surface area contributed by atoms with Crippen molar-refractivity contribution in [2.24, 2.45) is 5.92 Å². The predicted molar refractivity (Wildman–Crippen MR) is 97.2 cm³/mol. The van der Waals surface area contributed by atoms with Crippen LogP contribution in [0.4, 0.5) is 0 Å². The summed E-state index contributed by atoms with van der Waals surface area (Å²) in [5.74, 6) is -0.987. The molecule has 0 radical (unpaired) electrons. The van der Waals surface area contributed by atoms with Gasteiger partial charge in [-0.2, -0.15) is 0 Å². The van der Waals surface area contributed by atoms with E-state index in [9.17, 15) is 9.90 Å². The molecule has 0 amide bonds. The zero-order valence-corrected chi connectivity index (χ0v) is 15.6. The van der Waals surface area contributed by atoms with Crippen molar-refractivity contribution in [3.05, 3.63) is 55.6 Å². The zero-order chi connectivity index (χ0) is 16.4. The van der Waals surface area contributed by atoms with Crippen LogP contribution in [0.15, 0.2) is 40.2 Å². The first kappa shape index (κ1) is 17.0. The Morgan fingerprint density at radius 2 is 2.04 bits per heavy atom. The molecule has 1 aromatic heterocycles. The van der Waals surface area contributed by atoms with E-state index in [-0.39, 0.29) is 12.0 Å². The van der Waals surface area contributed by atoms with Gasteiger partial charge in [-0.1, -0.05) is 23.7 Å². The molecule has 1 aromatic carbocycles. The molecular formula is C17H17BrClNO2S. The molecule has 3 rings (SSSR count). The number of thiophene rings is 1. The van der Waals surface area contributed by atoms with Crippen molar-refractivity contribution in [1.82, 2.24) is 4.90 Å². The van der Waals surface area contributed by atoms with Crippen LogP contribution in [0.2, 0.25) is 5.02 Å². The second-order valence-corrected chi connectivity index (χ2v) is 8.70. The maximum absolute atomic E-state index is 11.4. The van der Waals surface area contributed by atoms with Crippen molar-refractivity contribution in [3.8, 4) is 0 Å². The molecule has 2 heterocycles. The van der Waals surface area contributed by atoms with E-state index in [1.54, 1.807) is 11.3 Å². The van der Waals surface area contributed by atoms with E-state index in [1.807, 2.05) is 30.3 Å². The summed E-state index contributed by atoms with van der Waals surface area (Å²) < 4.78 is 1.08. The van der Waals surface area contributed by atoms with Crippen LogP contribution in [0.5, 0.6) is 0 Å². The molecule has 1 N–H and O–H groups in total. The molecule has 0 bridgehead atoms. The van der Waals surface area contributed by atoms with E-state index >= 15 is 0 Å². The molecule has 0 aliphatic carbocycles. The largest absolute Gasteiger partial charge is 0.481 e. The number of carboxylic acid groups (broad SMARTS) is 1. The molecule has 1 aliphatic heterocycles. The Kier molecular flexibility index (Phi) is 5.42. The molecule has 2 aromatic rings. The number of hydrogen-bond acceptors (Lipinski definition) is 3. The summed E-state index contributed by atoms with van der Waals surface area (Å²) >= 11 is 11.2. The molecule has 23 heavy (non-hydrogen) atoms. The maximum atomic E-state index is 11.4. The Morgan fingerprint density at radius 3 is 2.65 bits per heavy atom. The monoisotopic (exact) mass is 413 g/mol. The first-order valence-electron chi connectivity index (χ1n) is 7.52. The van der Waals surface area contributed by atoms with E-state index in [2.05, 4.69) is 26.9 Å². The van der Waals surface area contributed by atoms with Crippen LogP contribution in [0, 0.1) is 5.92 Å². The van der Waals surface area contributed by atoms with Crippen molar-refractivity contribution in [2.75, 3.05) is 13.1 Å². The third kappa shape index (κ3) is 3.97. The second kappa shape index (κ2) is 7.34. The second-order valence-electron chi connectivity index (χ2n) is 5.77. The van der Waals surface area contributed by atoms with E-state index in [0.29, 0.717) is 11.6 Å². The standard InChI is InChI=1S/C17H17BrClNO2S/c18-15-8-7-14(23-15)16(11-3-5-13(19)6-4-11)20-9-1-2-12(10-20)17(21)22/h3-8,12,16H,1-2,9-10H2,(H,21,22). The van der Waals surface area contributed by atoms with Gasteiger partial charge in [-0.05, 0) is 65.1 Å². The summed E-state index contributed by atoms with van der Waals surface area (Å²) in [6.45, 7) is 1.49. The van der Waals surface area contributed by atoms with Crippen LogP contribution in [-0.2, 0) is 4.79 Å². The first-order valence-corrected chi connectivity index (χ1v) is 9.51. The van der Waals surface area contributed by atoms with Gasteiger partial charge in [0.15, 0.2) is 0 Å². The number of likely N-dealkylation sites (tertiary alicyclic amines) is 1. The smallest absolute Gasteiger partial charge is 0.307 e.